The molecule has 2 nitrogen and oxygen atoms in total. The van der Waals surface area contributed by atoms with Gasteiger partial charge in [-0.2, -0.15) is 0 Å². The lowest BCUT2D eigenvalue weighted by Crippen LogP contribution is -2.07. The molecule has 3 aromatic carbocycles. The largest absolute Gasteiger partial charge is 0.457 e. The van der Waals surface area contributed by atoms with Crippen molar-refractivity contribution in [3.8, 4) is 11.5 Å². The molecule has 0 aliphatic heterocycles. The first-order valence-electron chi connectivity index (χ1n) is 8.67. The molecule has 25 heavy (non-hydrogen) atoms. The van der Waals surface area contributed by atoms with Crippen molar-refractivity contribution >= 4 is 5.78 Å². The van der Waals surface area contributed by atoms with Crippen LogP contribution in [0.4, 0.5) is 0 Å². The van der Waals surface area contributed by atoms with Crippen LogP contribution in [0.1, 0.15) is 41.6 Å². The monoisotopic (exact) mass is 330 g/mol. The summed E-state index contributed by atoms with van der Waals surface area (Å²) < 4.78 is 5.77. The Balaban J connectivity index is 1.66. The van der Waals surface area contributed by atoms with E-state index in [1.54, 1.807) is 0 Å². The highest BCUT2D eigenvalue weighted by molar-refractivity contribution is 5.96. The molecule has 0 aliphatic carbocycles. The van der Waals surface area contributed by atoms with Gasteiger partial charge < -0.3 is 4.74 Å². The van der Waals surface area contributed by atoms with E-state index in [1.807, 2.05) is 72.8 Å². The van der Waals surface area contributed by atoms with E-state index in [-0.39, 0.29) is 11.7 Å². The third kappa shape index (κ3) is 4.57. The molecular formula is C23H22O2. The van der Waals surface area contributed by atoms with Crippen LogP contribution in [0.25, 0.3) is 0 Å². The third-order valence-corrected chi connectivity index (χ3v) is 4.35. The topological polar surface area (TPSA) is 26.3 Å². The van der Waals surface area contributed by atoms with Crippen molar-refractivity contribution in [2.24, 2.45) is 0 Å². The third-order valence-electron chi connectivity index (χ3n) is 4.35. The van der Waals surface area contributed by atoms with Crippen LogP contribution in [-0.2, 0) is 0 Å². The number of ketones is 1. The van der Waals surface area contributed by atoms with Crippen LogP contribution in [0.2, 0.25) is 0 Å². The van der Waals surface area contributed by atoms with Gasteiger partial charge >= 0.3 is 0 Å². The summed E-state index contributed by atoms with van der Waals surface area (Å²) in [4.78, 5) is 12.6. The molecule has 3 rings (SSSR count). The standard InChI is InChI=1S/C23H22O2/c1-2-18(19-9-5-3-6-10-19)17-23(24)20-13-15-22(16-14-20)25-21-11-7-4-8-12-21/h3-16,18H,2,17H2,1H3. The molecule has 2 heteroatoms. The smallest absolute Gasteiger partial charge is 0.163 e. The predicted octanol–water partition coefficient (Wildman–Crippen LogP) is 6.25. The molecule has 0 N–H and O–H groups in total. The molecule has 0 aromatic heterocycles. The van der Waals surface area contributed by atoms with E-state index in [0.717, 1.165) is 23.5 Å². The van der Waals surface area contributed by atoms with E-state index in [2.05, 4.69) is 19.1 Å². The molecule has 0 radical (unpaired) electrons. The lowest BCUT2D eigenvalue weighted by atomic mass is 9.89. The Morgan fingerprint density at radius 1 is 0.800 bits per heavy atom. The van der Waals surface area contributed by atoms with Gasteiger partial charge in [-0.3, -0.25) is 4.79 Å². The number of para-hydroxylation sites is 1. The van der Waals surface area contributed by atoms with Gasteiger partial charge in [0.2, 0.25) is 0 Å². The Hall–Kier alpha value is -2.87. The maximum Gasteiger partial charge on any atom is 0.163 e. The van der Waals surface area contributed by atoms with E-state index in [4.69, 9.17) is 4.74 Å². The van der Waals surface area contributed by atoms with Crippen LogP contribution in [-0.4, -0.2) is 5.78 Å². The maximum atomic E-state index is 12.6. The van der Waals surface area contributed by atoms with Crippen molar-refractivity contribution in [2.45, 2.75) is 25.7 Å². The van der Waals surface area contributed by atoms with E-state index in [9.17, 15) is 4.79 Å². The lowest BCUT2D eigenvalue weighted by Gasteiger charge is -2.14. The molecule has 0 heterocycles. The highest BCUT2D eigenvalue weighted by Crippen LogP contribution is 2.26. The Kier molecular flexibility index (Phi) is 5.63. The normalized spacial score (nSPS) is 11.7. The number of hydrogen-bond acceptors (Lipinski definition) is 2. The quantitative estimate of drug-likeness (QED) is 0.479. The van der Waals surface area contributed by atoms with Gasteiger partial charge in [-0.25, -0.2) is 0 Å². The summed E-state index contributed by atoms with van der Waals surface area (Å²) in [6.07, 6.45) is 1.48. The molecule has 0 bridgehead atoms. The zero-order valence-electron chi connectivity index (χ0n) is 14.4. The summed E-state index contributed by atoms with van der Waals surface area (Å²) in [5.74, 6) is 1.95. The first-order chi connectivity index (χ1) is 12.3. The van der Waals surface area contributed by atoms with Gasteiger partial charge in [-0.05, 0) is 54.3 Å². The van der Waals surface area contributed by atoms with Crippen LogP contribution >= 0.6 is 0 Å². The van der Waals surface area contributed by atoms with E-state index in [1.165, 1.54) is 5.56 Å². The summed E-state index contributed by atoms with van der Waals surface area (Å²) in [7, 11) is 0. The van der Waals surface area contributed by atoms with Crippen molar-refractivity contribution in [3.63, 3.8) is 0 Å². The first-order valence-corrected chi connectivity index (χ1v) is 8.67. The second-order valence-electron chi connectivity index (χ2n) is 6.08. The Morgan fingerprint density at radius 3 is 1.96 bits per heavy atom. The summed E-state index contributed by atoms with van der Waals surface area (Å²) in [6.45, 7) is 2.13. The molecule has 3 aromatic rings. The Bertz CT molecular complexity index is 793. The zero-order valence-corrected chi connectivity index (χ0v) is 14.4. The maximum absolute atomic E-state index is 12.6. The molecular weight excluding hydrogens is 308 g/mol. The van der Waals surface area contributed by atoms with Crippen LogP contribution in [0.5, 0.6) is 11.5 Å². The van der Waals surface area contributed by atoms with Crippen LogP contribution in [0.3, 0.4) is 0 Å². The second-order valence-corrected chi connectivity index (χ2v) is 6.08. The fraction of sp³-hybridized carbons (Fsp3) is 0.174. The molecule has 1 atom stereocenters. The molecule has 0 saturated carbocycles. The number of carbonyl (C=O) groups excluding carboxylic acids is 1. The van der Waals surface area contributed by atoms with Crippen LogP contribution in [0, 0.1) is 0 Å². The number of Topliss-reactive ketones (excluding diaryl/α,β-unsaturated/α-hetero) is 1. The summed E-state index contributed by atoms with van der Waals surface area (Å²) in [5.41, 5.74) is 1.96. The summed E-state index contributed by atoms with van der Waals surface area (Å²) in [6, 6.07) is 27.3. The van der Waals surface area contributed by atoms with Gasteiger partial charge in [-0.1, -0.05) is 55.5 Å². The van der Waals surface area contributed by atoms with Gasteiger partial charge in [-0.15, -0.1) is 0 Å². The number of rotatable bonds is 7. The van der Waals surface area contributed by atoms with E-state index < -0.39 is 0 Å². The zero-order chi connectivity index (χ0) is 17.5. The summed E-state index contributed by atoms with van der Waals surface area (Å²) in [5, 5.41) is 0. The van der Waals surface area contributed by atoms with Gasteiger partial charge in [0.1, 0.15) is 11.5 Å². The van der Waals surface area contributed by atoms with Crippen molar-refractivity contribution in [3.05, 3.63) is 96.1 Å². The van der Waals surface area contributed by atoms with Crippen LogP contribution in [0.15, 0.2) is 84.9 Å². The van der Waals surface area contributed by atoms with Crippen molar-refractivity contribution < 1.29 is 9.53 Å². The van der Waals surface area contributed by atoms with Crippen molar-refractivity contribution in [1.82, 2.24) is 0 Å². The number of carbonyl (C=O) groups is 1. The fourth-order valence-corrected chi connectivity index (χ4v) is 2.90. The van der Waals surface area contributed by atoms with Gasteiger partial charge in [0, 0.05) is 12.0 Å². The second kappa shape index (κ2) is 8.29. The minimum absolute atomic E-state index is 0.168. The van der Waals surface area contributed by atoms with Gasteiger partial charge in [0.05, 0.1) is 0 Å². The molecule has 0 fully saturated rings. The first kappa shape index (κ1) is 17.0. The number of ether oxygens (including phenoxy) is 1. The SMILES string of the molecule is CCC(CC(=O)c1ccc(Oc2ccccc2)cc1)c1ccccc1. The molecule has 0 amide bonds. The summed E-state index contributed by atoms with van der Waals surface area (Å²) >= 11 is 0. The molecule has 1 unspecified atom stereocenters. The molecule has 0 aliphatic rings. The molecule has 0 spiro atoms. The number of hydrogen-bond donors (Lipinski definition) is 0. The fourth-order valence-electron chi connectivity index (χ4n) is 2.90. The van der Waals surface area contributed by atoms with Gasteiger partial charge in [0.15, 0.2) is 5.78 Å². The highest BCUT2D eigenvalue weighted by Gasteiger charge is 2.15. The van der Waals surface area contributed by atoms with E-state index in [0.29, 0.717) is 6.42 Å². The minimum Gasteiger partial charge on any atom is -0.457 e. The van der Waals surface area contributed by atoms with Gasteiger partial charge in [0.25, 0.3) is 0 Å². The molecule has 126 valence electrons. The van der Waals surface area contributed by atoms with Crippen LogP contribution < -0.4 is 4.74 Å². The van der Waals surface area contributed by atoms with Crippen molar-refractivity contribution in [2.75, 3.05) is 0 Å². The average Bonchev–Trinajstić information content (AvgIpc) is 2.68. The number of benzene rings is 3. The average molecular weight is 330 g/mol. The minimum atomic E-state index is 0.168. The van der Waals surface area contributed by atoms with E-state index >= 15 is 0 Å². The lowest BCUT2D eigenvalue weighted by molar-refractivity contribution is 0.0973. The molecule has 0 saturated heterocycles. The van der Waals surface area contributed by atoms with Crippen molar-refractivity contribution in [1.29, 1.82) is 0 Å². The predicted molar refractivity (Wildman–Crippen MR) is 101 cm³/mol. The Morgan fingerprint density at radius 2 is 1.36 bits per heavy atom. The highest BCUT2D eigenvalue weighted by atomic mass is 16.5. The Labute approximate surface area is 149 Å².